The molecule has 0 radical (unpaired) electrons. The van der Waals surface area contributed by atoms with Gasteiger partial charge >= 0.3 is 5.69 Å². The highest BCUT2D eigenvalue weighted by Crippen LogP contribution is 2.22. The number of nitrogens with one attached hydrogen (secondary N) is 2. The fourth-order valence-corrected chi connectivity index (χ4v) is 2.22. The van der Waals surface area contributed by atoms with Crippen LogP contribution in [0.15, 0.2) is 46.0 Å². The molecule has 1 aromatic carbocycles. The van der Waals surface area contributed by atoms with Crippen LogP contribution in [0.25, 0.3) is 0 Å². The standard InChI is InChI=1S/C16H21N3O3/c1-16(11-20,9-12-6-4-3-5-7-12)10-17-13-8-14(21)19(2)15(22)18-13/h3-8,17,20H,9-11H2,1-2H3,(H,18,22). The van der Waals surface area contributed by atoms with Gasteiger partial charge in [-0.1, -0.05) is 37.3 Å². The molecule has 0 aliphatic heterocycles. The second-order valence-electron chi connectivity index (χ2n) is 5.87. The predicted molar refractivity (Wildman–Crippen MR) is 86.1 cm³/mol. The second kappa shape index (κ2) is 6.62. The monoisotopic (exact) mass is 303 g/mol. The summed E-state index contributed by atoms with van der Waals surface area (Å²) < 4.78 is 1.00. The number of aliphatic hydroxyl groups is 1. The van der Waals surface area contributed by atoms with E-state index >= 15 is 0 Å². The molecule has 1 unspecified atom stereocenters. The summed E-state index contributed by atoms with van der Waals surface area (Å²) in [6, 6.07) is 11.2. The number of nitrogens with zero attached hydrogens (tertiary/aromatic N) is 1. The number of aliphatic hydroxyl groups excluding tert-OH is 1. The van der Waals surface area contributed by atoms with Crippen LogP contribution in [0, 0.1) is 5.41 Å². The fraction of sp³-hybridized carbons (Fsp3) is 0.375. The molecule has 1 heterocycles. The highest BCUT2D eigenvalue weighted by Gasteiger charge is 2.24. The van der Waals surface area contributed by atoms with Gasteiger partial charge in [-0.2, -0.15) is 0 Å². The van der Waals surface area contributed by atoms with E-state index in [4.69, 9.17) is 0 Å². The van der Waals surface area contributed by atoms with Gasteiger partial charge in [-0.3, -0.25) is 14.3 Å². The van der Waals surface area contributed by atoms with Crippen LogP contribution < -0.4 is 16.6 Å². The molecule has 0 aliphatic rings. The Labute approximate surface area is 128 Å². The molecule has 3 N–H and O–H groups in total. The van der Waals surface area contributed by atoms with Crippen molar-refractivity contribution in [1.82, 2.24) is 9.55 Å². The lowest BCUT2D eigenvalue weighted by atomic mass is 9.84. The van der Waals surface area contributed by atoms with E-state index in [0.29, 0.717) is 18.8 Å². The number of H-pyrrole nitrogens is 1. The van der Waals surface area contributed by atoms with E-state index in [9.17, 15) is 14.7 Å². The first-order valence-electron chi connectivity index (χ1n) is 7.12. The SMILES string of the molecule is Cn1c(=O)cc(NCC(C)(CO)Cc2ccccc2)[nH]c1=O. The third-order valence-corrected chi connectivity index (χ3v) is 3.71. The van der Waals surface area contributed by atoms with Crippen molar-refractivity contribution < 1.29 is 5.11 Å². The third kappa shape index (κ3) is 3.85. The van der Waals surface area contributed by atoms with Crippen LogP contribution in [0.1, 0.15) is 12.5 Å². The van der Waals surface area contributed by atoms with Gasteiger partial charge in [0.1, 0.15) is 5.82 Å². The van der Waals surface area contributed by atoms with E-state index in [1.807, 2.05) is 37.3 Å². The second-order valence-corrected chi connectivity index (χ2v) is 5.87. The Balaban J connectivity index is 2.10. The number of rotatable bonds is 6. The largest absolute Gasteiger partial charge is 0.396 e. The van der Waals surface area contributed by atoms with E-state index in [0.717, 1.165) is 10.1 Å². The quantitative estimate of drug-likeness (QED) is 0.734. The summed E-state index contributed by atoms with van der Waals surface area (Å²) in [7, 11) is 1.41. The zero-order valence-electron chi connectivity index (χ0n) is 12.8. The van der Waals surface area contributed by atoms with Gasteiger partial charge in [-0.15, -0.1) is 0 Å². The minimum absolute atomic E-state index is 0.00995. The summed E-state index contributed by atoms with van der Waals surface area (Å²) in [6.07, 6.45) is 0.687. The van der Waals surface area contributed by atoms with Gasteiger partial charge in [-0.05, 0) is 12.0 Å². The number of hydrogen-bond acceptors (Lipinski definition) is 4. The molecule has 2 rings (SSSR count). The van der Waals surface area contributed by atoms with Crippen LogP contribution in [0.2, 0.25) is 0 Å². The summed E-state index contributed by atoms with van der Waals surface area (Å²) in [5.41, 5.74) is -0.124. The van der Waals surface area contributed by atoms with Crippen LogP contribution in [-0.4, -0.2) is 27.8 Å². The van der Waals surface area contributed by atoms with Crippen LogP contribution in [0.4, 0.5) is 5.82 Å². The van der Waals surface area contributed by atoms with Crippen molar-refractivity contribution >= 4 is 5.82 Å². The minimum Gasteiger partial charge on any atom is -0.396 e. The Bertz CT molecular complexity index is 705. The molecule has 0 bridgehead atoms. The van der Waals surface area contributed by atoms with Crippen LogP contribution in [0.3, 0.4) is 0 Å². The Morgan fingerprint density at radius 2 is 1.95 bits per heavy atom. The van der Waals surface area contributed by atoms with Crippen molar-refractivity contribution in [1.29, 1.82) is 0 Å². The van der Waals surface area contributed by atoms with Crippen molar-refractivity contribution in [3.05, 3.63) is 62.8 Å². The smallest absolute Gasteiger partial charge is 0.329 e. The molecular weight excluding hydrogens is 282 g/mol. The number of hydrogen-bond donors (Lipinski definition) is 3. The average Bonchev–Trinajstić information content (AvgIpc) is 2.51. The Morgan fingerprint density at radius 3 is 2.55 bits per heavy atom. The van der Waals surface area contributed by atoms with E-state index < -0.39 is 11.1 Å². The Morgan fingerprint density at radius 1 is 1.27 bits per heavy atom. The predicted octanol–water partition coefficient (Wildman–Crippen LogP) is 0.727. The number of benzene rings is 1. The lowest BCUT2D eigenvalue weighted by Crippen LogP contribution is -2.36. The molecule has 0 saturated carbocycles. The number of anilines is 1. The molecule has 1 atom stereocenters. The van der Waals surface area contributed by atoms with Gasteiger partial charge in [0, 0.05) is 25.1 Å². The molecule has 22 heavy (non-hydrogen) atoms. The number of aromatic nitrogens is 2. The molecule has 0 amide bonds. The van der Waals surface area contributed by atoms with Gasteiger partial charge in [0.25, 0.3) is 5.56 Å². The molecule has 6 heteroatoms. The zero-order chi connectivity index (χ0) is 16.2. The van der Waals surface area contributed by atoms with Gasteiger partial charge in [-0.25, -0.2) is 4.79 Å². The molecule has 2 aromatic rings. The van der Waals surface area contributed by atoms with Crippen LogP contribution in [-0.2, 0) is 13.5 Å². The molecule has 0 spiro atoms. The van der Waals surface area contributed by atoms with Crippen molar-refractivity contribution in [3.8, 4) is 0 Å². The summed E-state index contributed by atoms with van der Waals surface area (Å²) in [6.45, 7) is 2.37. The first kappa shape index (κ1) is 16.0. The van der Waals surface area contributed by atoms with Crippen molar-refractivity contribution in [2.45, 2.75) is 13.3 Å². The van der Waals surface area contributed by atoms with E-state index in [1.54, 1.807) is 0 Å². The normalized spacial score (nSPS) is 13.6. The molecule has 0 aliphatic carbocycles. The number of aromatic amines is 1. The minimum atomic E-state index is -0.469. The van der Waals surface area contributed by atoms with Gasteiger partial charge in [0.05, 0.1) is 6.61 Å². The summed E-state index contributed by atoms with van der Waals surface area (Å²) in [4.78, 5) is 25.8. The maximum absolute atomic E-state index is 11.6. The zero-order valence-corrected chi connectivity index (χ0v) is 12.8. The van der Waals surface area contributed by atoms with E-state index in [2.05, 4.69) is 10.3 Å². The maximum Gasteiger partial charge on any atom is 0.329 e. The van der Waals surface area contributed by atoms with Gasteiger partial charge < -0.3 is 10.4 Å². The van der Waals surface area contributed by atoms with E-state index in [-0.39, 0.29) is 12.2 Å². The molecule has 0 saturated heterocycles. The first-order chi connectivity index (χ1) is 10.4. The molecule has 118 valence electrons. The average molecular weight is 303 g/mol. The van der Waals surface area contributed by atoms with Crippen LogP contribution in [0.5, 0.6) is 0 Å². The molecule has 6 nitrogen and oxygen atoms in total. The van der Waals surface area contributed by atoms with Crippen molar-refractivity contribution in [2.75, 3.05) is 18.5 Å². The highest BCUT2D eigenvalue weighted by molar-refractivity contribution is 5.32. The molecule has 0 fully saturated rings. The van der Waals surface area contributed by atoms with Gasteiger partial charge in [0.2, 0.25) is 0 Å². The van der Waals surface area contributed by atoms with Crippen molar-refractivity contribution in [3.63, 3.8) is 0 Å². The fourth-order valence-electron chi connectivity index (χ4n) is 2.22. The lowest BCUT2D eigenvalue weighted by molar-refractivity contribution is 0.153. The summed E-state index contributed by atoms with van der Waals surface area (Å²) in [5.74, 6) is 0.362. The maximum atomic E-state index is 11.6. The molecule has 1 aromatic heterocycles. The van der Waals surface area contributed by atoms with Gasteiger partial charge in [0.15, 0.2) is 0 Å². The van der Waals surface area contributed by atoms with Crippen LogP contribution >= 0.6 is 0 Å². The highest BCUT2D eigenvalue weighted by atomic mass is 16.3. The summed E-state index contributed by atoms with van der Waals surface area (Å²) in [5, 5.41) is 12.7. The third-order valence-electron chi connectivity index (χ3n) is 3.71. The van der Waals surface area contributed by atoms with Crippen molar-refractivity contribution in [2.24, 2.45) is 12.5 Å². The lowest BCUT2D eigenvalue weighted by Gasteiger charge is -2.28. The summed E-state index contributed by atoms with van der Waals surface area (Å²) >= 11 is 0. The van der Waals surface area contributed by atoms with E-state index in [1.165, 1.54) is 13.1 Å². The first-order valence-corrected chi connectivity index (χ1v) is 7.12. The Kier molecular flexibility index (Phi) is 4.82. The Hall–Kier alpha value is -2.34. The topological polar surface area (TPSA) is 87.1 Å². The molecular formula is C16H21N3O3.